The molecule has 0 unspecified atom stereocenters. The van der Waals surface area contributed by atoms with E-state index in [-0.39, 0.29) is 27.3 Å². The predicted molar refractivity (Wildman–Crippen MR) is 177 cm³/mol. The first kappa shape index (κ1) is 34.2. The number of amides is 1. The first-order valence-corrected chi connectivity index (χ1v) is 14.6. The molecule has 0 aliphatic carbocycles. The predicted octanol–water partition coefficient (Wildman–Crippen LogP) is 5.50. The van der Waals surface area contributed by atoms with Gasteiger partial charge in [-0.1, -0.05) is 59.8 Å². The van der Waals surface area contributed by atoms with Gasteiger partial charge in [0.25, 0.3) is 0 Å². The highest BCUT2D eigenvalue weighted by Gasteiger charge is 2.15. The van der Waals surface area contributed by atoms with Gasteiger partial charge in [0, 0.05) is 36.7 Å². The lowest BCUT2D eigenvalue weighted by atomic mass is 9.99. The SMILES string of the molecule is F.F.O=C(O)Nc1cc(CCCn2nnc3cc(CNC[C@H](O)c4ccc(O)c5[nH]c(=O)ccc45)ccc32)ccc1-c1ccccc1. The number of aromatic amines is 1. The van der Waals surface area contributed by atoms with Crippen LogP contribution in [0.2, 0.25) is 0 Å². The summed E-state index contributed by atoms with van der Waals surface area (Å²) in [6.07, 6.45) is -0.430. The molecule has 0 saturated carbocycles. The standard InChI is InChI=1S/C34H32N6O5.2FH/c41-30-14-11-25(26-12-15-32(43)37-33(26)30)31(42)20-35-19-22-9-13-29-28(18-22)38-39-40(29)16-4-5-21-8-10-24(23-6-2-1-3-7-23)27(17-21)36-34(44)45;;/h1-3,6-15,17-18,31,35-36,41-42H,4-5,16,19-20H2,(H,37,43)(H,44,45);2*1H/t31-;;/m0../s1. The second kappa shape index (κ2) is 15.1. The van der Waals surface area contributed by atoms with Crippen LogP contribution in [0.4, 0.5) is 19.9 Å². The Morgan fingerprint density at radius 2 is 1.72 bits per heavy atom. The largest absolute Gasteiger partial charge is 0.506 e. The number of aliphatic hydroxyl groups is 1. The molecule has 2 heterocycles. The Morgan fingerprint density at radius 1 is 0.936 bits per heavy atom. The van der Waals surface area contributed by atoms with Crippen LogP contribution in [0.3, 0.4) is 0 Å². The van der Waals surface area contributed by atoms with Crippen molar-refractivity contribution in [1.82, 2.24) is 25.3 Å². The van der Waals surface area contributed by atoms with E-state index in [1.807, 2.05) is 71.4 Å². The van der Waals surface area contributed by atoms with E-state index in [0.29, 0.717) is 35.2 Å². The van der Waals surface area contributed by atoms with E-state index >= 15 is 0 Å². The molecule has 0 saturated heterocycles. The number of benzene rings is 4. The van der Waals surface area contributed by atoms with Crippen molar-refractivity contribution in [3.8, 4) is 16.9 Å². The number of nitrogens with zero attached hydrogens (tertiary/aromatic N) is 3. The summed E-state index contributed by atoms with van der Waals surface area (Å²) in [6, 6.07) is 27.5. The van der Waals surface area contributed by atoms with Gasteiger partial charge in [0.05, 0.1) is 22.8 Å². The summed E-state index contributed by atoms with van der Waals surface area (Å²) in [5.41, 5.74) is 6.59. The number of halogens is 2. The topological polar surface area (TPSA) is 165 Å². The molecule has 1 amide bonds. The summed E-state index contributed by atoms with van der Waals surface area (Å²) in [5, 5.41) is 45.3. The molecule has 0 bridgehead atoms. The van der Waals surface area contributed by atoms with Crippen molar-refractivity contribution >= 4 is 33.7 Å². The van der Waals surface area contributed by atoms with Gasteiger partial charge in [-0.3, -0.25) is 19.5 Å². The summed E-state index contributed by atoms with van der Waals surface area (Å²) in [5.74, 6) is -0.0485. The number of aromatic nitrogens is 4. The van der Waals surface area contributed by atoms with E-state index < -0.39 is 12.2 Å². The van der Waals surface area contributed by atoms with Crippen molar-refractivity contribution in [2.45, 2.75) is 32.0 Å². The number of fused-ring (bicyclic) bond motifs is 2. The number of aryl methyl sites for hydroxylation is 2. The van der Waals surface area contributed by atoms with Gasteiger partial charge in [-0.25, -0.2) is 9.48 Å². The zero-order valence-corrected chi connectivity index (χ0v) is 25.1. The molecule has 0 radical (unpaired) electrons. The van der Waals surface area contributed by atoms with Gasteiger partial charge in [0.2, 0.25) is 5.56 Å². The maximum Gasteiger partial charge on any atom is 0.409 e. The monoisotopic (exact) mass is 644 g/mol. The van der Waals surface area contributed by atoms with Gasteiger partial charge in [-0.05, 0) is 65.4 Å². The number of rotatable bonds is 11. The Labute approximate surface area is 267 Å². The van der Waals surface area contributed by atoms with Crippen LogP contribution in [0.25, 0.3) is 33.1 Å². The quantitative estimate of drug-likeness (QED) is 0.108. The number of aromatic hydroxyl groups is 1. The van der Waals surface area contributed by atoms with Crippen LogP contribution in [-0.4, -0.2) is 47.9 Å². The fraction of sp³-hybridized carbons (Fsp3) is 0.176. The third-order valence-corrected chi connectivity index (χ3v) is 7.76. The van der Waals surface area contributed by atoms with Gasteiger partial charge < -0.3 is 25.6 Å². The molecule has 4 aromatic carbocycles. The van der Waals surface area contributed by atoms with E-state index in [4.69, 9.17) is 0 Å². The van der Waals surface area contributed by atoms with Gasteiger partial charge in [0.15, 0.2) is 0 Å². The highest BCUT2D eigenvalue weighted by Crippen LogP contribution is 2.30. The number of carboxylic acid groups (broad SMARTS) is 1. The lowest BCUT2D eigenvalue weighted by Crippen LogP contribution is -2.21. The molecule has 0 aliphatic rings. The number of phenols is 1. The number of nitrogens with one attached hydrogen (secondary N) is 3. The number of hydrogen-bond donors (Lipinski definition) is 6. The van der Waals surface area contributed by atoms with Crippen molar-refractivity contribution in [1.29, 1.82) is 0 Å². The van der Waals surface area contributed by atoms with Crippen molar-refractivity contribution in [3.63, 3.8) is 0 Å². The summed E-state index contributed by atoms with van der Waals surface area (Å²) >= 11 is 0. The molecule has 1 atom stereocenters. The van der Waals surface area contributed by atoms with Gasteiger partial charge in [-0.15, -0.1) is 5.10 Å². The number of H-pyrrole nitrogens is 1. The molecular formula is C34H34F2N6O5. The Bertz CT molecular complexity index is 2050. The molecule has 6 rings (SSSR count). The number of hydrogen-bond acceptors (Lipinski definition) is 7. The average molecular weight is 645 g/mol. The van der Waals surface area contributed by atoms with Crippen LogP contribution in [-0.2, 0) is 19.5 Å². The normalized spacial score (nSPS) is 11.5. The summed E-state index contributed by atoms with van der Waals surface area (Å²) in [4.78, 5) is 25.7. The van der Waals surface area contributed by atoms with Crippen molar-refractivity contribution in [2.75, 3.05) is 11.9 Å². The molecule has 2 aromatic heterocycles. The van der Waals surface area contributed by atoms with Crippen LogP contribution in [0.15, 0.2) is 95.8 Å². The van der Waals surface area contributed by atoms with E-state index in [9.17, 15) is 24.9 Å². The van der Waals surface area contributed by atoms with Crippen molar-refractivity contribution < 1.29 is 29.5 Å². The van der Waals surface area contributed by atoms with Crippen LogP contribution >= 0.6 is 0 Å². The van der Waals surface area contributed by atoms with Gasteiger partial charge >= 0.3 is 6.09 Å². The number of phenolic OH excluding ortho intramolecular Hbond substituents is 1. The Balaban J connectivity index is 0.00000250. The maximum absolute atomic E-state index is 11.7. The molecule has 13 heteroatoms. The minimum atomic E-state index is -1.10. The number of anilines is 1. The summed E-state index contributed by atoms with van der Waals surface area (Å²) in [7, 11) is 0. The molecule has 47 heavy (non-hydrogen) atoms. The highest BCUT2D eigenvalue weighted by atomic mass is 19.0. The van der Waals surface area contributed by atoms with Crippen LogP contribution in [0.1, 0.15) is 29.2 Å². The van der Waals surface area contributed by atoms with Crippen molar-refractivity contribution in [3.05, 3.63) is 118 Å². The van der Waals surface area contributed by atoms with E-state index in [1.54, 1.807) is 12.1 Å². The molecule has 6 aromatic rings. The summed E-state index contributed by atoms with van der Waals surface area (Å²) in [6.45, 7) is 1.41. The zero-order chi connectivity index (χ0) is 31.3. The minimum Gasteiger partial charge on any atom is -0.506 e. The van der Waals surface area contributed by atoms with Crippen LogP contribution in [0, 0.1) is 0 Å². The Morgan fingerprint density at radius 3 is 2.51 bits per heavy atom. The lowest BCUT2D eigenvalue weighted by Gasteiger charge is -2.15. The maximum atomic E-state index is 11.7. The first-order valence-electron chi connectivity index (χ1n) is 14.6. The van der Waals surface area contributed by atoms with Crippen LogP contribution < -0.4 is 16.2 Å². The molecule has 6 N–H and O–H groups in total. The van der Waals surface area contributed by atoms with E-state index in [0.717, 1.165) is 46.1 Å². The van der Waals surface area contributed by atoms with Gasteiger partial charge in [0.1, 0.15) is 11.3 Å². The van der Waals surface area contributed by atoms with Gasteiger partial charge in [-0.2, -0.15) is 0 Å². The number of aliphatic hydroxyl groups excluding tert-OH is 1. The van der Waals surface area contributed by atoms with Crippen LogP contribution in [0.5, 0.6) is 5.75 Å². The Kier molecular flexibility index (Phi) is 11.0. The smallest absolute Gasteiger partial charge is 0.409 e. The second-order valence-electron chi connectivity index (χ2n) is 10.8. The zero-order valence-electron chi connectivity index (χ0n) is 25.1. The second-order valence-corrected chi connectivity index (χ2v) is 10.8. The average Bonchev–Trinajstić information content (AvgIpc) is 3.44. The van der Waals surface area contributed by atoms with Crippen molar-refractivity contribution in [2.24, 2.45) is 0 Å². The number of pyridine rings is 1. The molecule has 0 aliphatic heterocycles. The molecule has 11 nitrogen and oxygen atoms in total. The lowest BCUT2D eigenvalue weighted by molar-refractivity contribution is 0.176. The third kappa shape index (κ3) is 7.77. The molecular weight excluding hydrogens is 610 g/mol. The van der Waals surface area contributed by atoms with E-state index in [1.165, 1.54) is 12.1 Å². The minimum absolute atomic E-state index is 0. The number of carbonyl (C=O) groups is 1. The van der Waals surface area contributed by atoms with E-state index in [2.05, 4.69) is 25.9 Å². The Hall–Kier alpha value is -5.66. The fourth-order valence-corrected chi connectivity index (χ4v) is 5.57. The molecule has 244 valence electrons. The first-order chi connectivity index (χ1) is 21.9. The third-order valence-electron chi connectivity index (χ3n) is 7.76. The summed E-state index contributed by atoms with van der Waals surface area (Å²) < 4.78 is 1.87. The molecule has 0 spiro atoms. The highest BCUT2D eigenvalue weighted by molar-refractivity contribution is 5.91. The molecule has 0 fully saturated rings. The fourth-order valence-electron chi connectivity index (χ4n) is 5.57.